The van der Waals surface area contributed by atoms with E-state index in [1.807, 2.05) is 38.1 Å². The molecule has 1 aromatic heterocycles. The van der Waals surface area contributed by atoms with Crippen molar-refractivity contribution >= 4 is 11.7 Å². The lowest BCUT2D eigenvalue weighted by atomic mass is 10.1. The number of benzene rings is 1. The Labute approximate surface area is 117 Å². The van der Waals surface area contributed by atoms with Crippen molar-refractivity contribution in [2.45, 2.75) is 20.4 Å². The van der Waals surface area contributed by atoms with Gasteiger partial charge in [0.2, 0.25) is 0 Å². The first kappa shape index (κ1) is 14.0. The fourth-order valence-corrected chi connectivity index (χ4v) is 2.13. The summed E-state index contributed by atoms with van der Waals surface area (Å²) in [5.74, 6) is -0.999. The van der Waals surface area contributed by atoms with Gasteiger partial charge in [0.05, 0.1) is 12.2 Å². The number of hydrogen-bond donors (Lipinski definition) is 1. The first-order valence-corrected chi connectivity index (χ1v) is 6.46. The molecule has 0 unspecified atom stereocenters. The largest absolute Gasteiger partial charge is 0.478 e. The molecule has 0 fully saturated rings. The Bertz CT molecular complexity index is 614. The van der Waals surface area contributed by atoms with Gasteiger partial charge in [-0.2, -0.15) is 0 Å². The minimum Gasteiger partial charge on any atom is -0.478 e. The number of aryl methyl sites for hydroxylation is 1. The standard InChI is InChI=1S/C15H17N3O2/c1-3-18(14-7-5-4-6-11(14)2)9-13-12(15(19)20)8-16-10-17-13/h4-8,10H,3,9H2,1-2H3,(H,19,20). The highest BCUT2D eigenvalue weighted by Crippen LogP contribution is 2.21. The van der Waals surface area contributed by atoms with E-state index in [-0.39, 0.29) is 5.56 Å². The fraction of sp³-hybridized carbons (Fsp3) is 0.267. The molecule has 0 aliphatic heterocycles. The van der Waals surface area contributed by atoms with Crippen LogP contribution in [0, 0.1) is 6.92 Å². The van der Waals surface area contributed by atoms with Crippen molar-refractivity contribution in [3.63, 3.8) is 0 Å². The number of carboxylic acids is 1. The molecule has 0 atom stereocenters. The fourth-order valence-electron chi connectivity index (χ4n) is 2.13. The number of aromatic nitrogens is 2. The molecule has 2 rings (SSSR count). The summed E-state index contributed by atoms with van der Waals surface area (Å²) in [4.78, 5) is 21.2. The summed E-state index contributed by atoms with van der Waals surface area (Å²) in [5, 5.41) is 9.18. The molecule has 0 aliphatic carbocycles. The molecule has 5 nitrogen and oxygen atoms in total. The van der Waals surface area contributed by atoms with E-state index in [9.17, 15) is 9.90 Å². The number of aromatic carboxylic acids is 1. The molecule has 0 aliphatic rings. The monoisotopic (exact) mass is 271 g/mol. The summed E-state index contributed by atoms with van der Waals surface area (Å²) in [6, 6.07) is 8.03. The number of rotatable bonds is 5. The molecular weight excluding hydrogens is 254 g/mol. The Balaban J connectivity index is 2.32. The van der Waals surface area contributed by atoms with E-state index < -0.39 is 5.97 Å². The van der Waals surface area contributed by atoms with Crippen molar-refractivity contribution in [2.75, 3.05) is 11.4 Å². The number of para-hydroxylation sites is 1. The average Bonchev–Trinajstić information content (AvgIpc) is 2.46. The van der Waals surface area contributed by atoms with E-state index in [1.54, 1.807) is 0 Å². The van der Waals surface area contributed by atoms with Crippen LogP contribution in [0.4, 0.5) is 5.69 Å². The first-order valence-electron chi connectivity index (χ1n) is 6.46. The summed E-state index contributed by atoms with van der Waals surface area (Å²) in [5.41, 5.74) is 2.92. The van der Waals surface area contributed by atoms with Crippen molar-refractivity contribution in [2.24, 2.45) is 0 Å². The Morgan fingerprint density at radius 3 is 2.75 bits per heavy atom. The molecule has 0 amide bonds. The highest BCUT2D eigenvalue weighted by molar-refractivity contribution is 5.88. The lowest BCUT2D eigenvalue weighted by molar-refractivity contribution is 0.0694. The molecule has 5 heteroatoms. The minimum absolute atomic E-state index is 0.152. The Kier molecular flexibility index (Phi) is 4.30. The highest BCUT2D eigenvalue weighted by Gasteiger charge is 2.15. The SMILES string of the molecule is CCN(Cc1ncncc1C(=O)O)c1ccccc1C. The van der Waals surface area contributed by atoms with E-state index >= 15 is 0 Å². The van der Waals surface area contributed by atoms with Crippen LogP contribution in [0.3, 0.4) is 0 Å². The molecular formula is C15H17N3O2. The zero-order valence-electron chi connectivity index (χ0n) is 11.6. The molecule has 2 aromatic rings. The van der Waals surface area contributed by atoms with Crippen LogP contribution in [-0.4, -0.2) is 27.6 Å². The van der Waals surface area contributed by atoms with Crippen molar-refractivity contribution in [3.8, 4) is 0 Å². The van der Waals surface area contributed by atoms with Gasteiger partial charge in [-0.25, -0.2) is 14.8 Å². The van der Waals surface area contributed by atoms with Crippen LogP contribution in [0.15, 0.2) is 36.8 Å². The van der Waals surface area contributed by atoms with Crippen molar-refractivity contribution < 1.29 is 9.90 Å². The van der Waals surface area contributed by atoms with Crippen LogP contribution in [0.25, 0.3) is 0 Å². The van der Waals surface area contributed by atoms with Gasteiger partial charge in [-0.1, -0.05) is 18.2 Å². The smallest absolute Gasteiger partial charge is 0.339 e. The summed E-state index contributed by atoms with van der Waals surface area (Å²) in [6.07, 6.45) is 2.73. The van der Waals surface area contributed by atoms with Gasteiger partial charge in [0, 0.05) is 18.4 Å². The number of anilines is 1. The predicted octanol–water partition coefficient (Wildman–Crippen LogP) is 2.51. The van der Waals surface area contributed by atoms with Gasteiger partial charge < -0.3 is 10.0 Å². The van der Waals surface area contributed by atoms with Crippen LogP contribution in [0.2, 0.25) is 0 Å². The molecule has 1 aromatic carbocycles. The van der Waals surface area contributed by atoms with Crippen LogP contribution < -0.4 is 4.90 Å². The van der Waals surface area contributed by atoms with Gasteiger partial charge in [-0.05, 0) is 25.5 Å². The second kappa shape index (κ2) is 6.14. The summed E-state index contributed by atoms with van der Waals surface area (Å²) >= 11 is 0. The second-order valence-corrected chi connectivity index (χ2v) is 4.49. The van der Waals surface area contributed by atoms with Gasteiger partial charge in [0.15, 0.2) is 0 Å². The third kappa shape index (κ3) is 2.93. The van der Waals surface area contributed by atoms with Crippen molar-refractivity contribution in [3.05, 3.63) is 53.6 Å². The van der Waals surface area contributed by atoms with Crippen molar-refractivity contribution in [1.29, 1.82) is 0 Å². The van der Waals surface area contributed by atoms with E-state index in [2.05, 4.69) is 14.9 Å². The molecule has 0 saturated carbocycles. The normalized spacial score (nSPS) is 10.3. The molecule has 0 radical (unpaired) electrons. The lowest BCUT2D eigenvalue weighted by Crippen LogP contribution is -2.25. The number of carbonyl (C=O) groups is 1. The second-order valence-electron chi connectivity index (χ2n) is 4.49. The maximum absolute atomic E-state index is 11.2. The molecule has 1 heterocycles. The minimum atomic E-state index is -0.999. The molecule has 0 bridgehead atoms. The van der Waals surface area contributed by atoms with Crippen LogP contribution >= 0.6 is 0 Å². The van der Waals surface area contributed by atoms with E-state index in [0.717, 1.165) is 17.8 Å². The zero-order valence-corrected chi connectivity index (χ0v) is 11.6. The van der Waals surface area contributed by atoms with Gasteiger partial charge >= 0.3 is 5.97 Å². The molecule has 0 spiro atoms. The number of nitrogens with zero attached hydrogens (tertiary/aromatic N) is 3. The van der Waals surface area contributed by atoms with Crippen LogP contribution in [0.1, 0.15) is 28.5 Å². The highest BCUT2D eigenvalue weighted by atomic mass is 16.4. The molecule has 1 N–H and O–H groups in total. The van der Waals surface area contributed by atoms with Gasteiger partial charge in [-0.3, -0.25) is 0 Å². The Hall–Kier alpha value is -2.43. The Morgan fingerprint density at radius 1 is 1.35 bits per heavy atom. The number of carboxylic acid groups (broad SMARTS) is 1. The van der Waals surface area contributed by atoms with Gasteiger partial charge in [-0.15, -0.1) is 0 Å². The lowest BCUT2D eigenvalue weighted by Gasteiger charge is -2.25. The maximum Gasteiger partial charge on any atom is 0.339 e. The Morgan fingerprint density at radius 2 is 2.10 bits per heavy atom. The number of hydrogen-bond acceptors (Lipinski definition) is 4. The molecule has 0 saturated heterocycles. The quantitative estimate of drug-likeness (QED) is 0.905. The van der Waals surface area contributed by atoms with E-state index in [1.165, 1.54) is 12.5 Å². The first-order chi connectivity index (χ1) is 9.63. The van der Waals surface area contributed by atoms with Crippen molar-refractivity contribution in [1.82, 2.24) is 9.97 Å². The summed E-state index contributed by atoms with van der Waals surface area (Å²) in [7, 11) is 0. The molecule has 104 valence electrons. The summed E-state index contributed by atoms with van der Waals surface area (Å²) < 4.78 is 0. The topological polar surface area (TPSA) is 66.3 Å². The maximum atomic E-state index is 11.2. The predicted molar refractivity (Wildman–Crippen MR) is 76.9 cm³/mol. The van der Waals surface area contributed by atoms with Gasteiger partial charge in [0.25, 0.3) is 0 Å². The third-order valence-corrected chi connectivity index (χ3v) is 3.20. The van der Waals surface area contributed by atoms with Crippen LogP contribution in [0.5, 0.6) is 0 Å². The summed E-state index contributed by atoms with van der Waals surface area (Å²) in [6.45, 7) is 5.30. The van der Waals surface area contributed by atoms with Gasteiger partial charge in [0.1, 0.15) is 11.9 Å². The molecule has 20 heavy (non-hydrogen) atoms. The van der Waals surface area contributed by atoms with E-state index in [4.69, 9.17) is 0 Å². The van der Waals surface area contributed by atoms with Crippen LogP contribution in [-0.2, 0) is 6.54 Å². The van der Waals surface area contributed by atoms with E-state index in [0.29, 0.717) is 12.2 Å². The zero-order chi connectivity index (χ0) is 14.5. The third-order valence-electron chi connectivity index (χ3n) is 3.20. The average molecular weight is 271 g/mol.